The molecule has 4 nitrogen and oxygen atoms in total. The third-order valence-corrected chi connectivity index (χ3v) is 1.49. The fraction of sp³-hybridized carbons (Fsp3) is 1.00. The molecule has 2 unspecified atom stereocenters. The van der Waals surface area contributed by atoms with E-state index in [0.29, 0.717) is 0 Å². The zero-order valence-electron chi connectivity index (χ0n) is 5.91. The molecule has 1 rings (SSSR count). The lowest BCUT2D eigenvalue weighted by Gasteiger charge is -2.34. The number of hydrogen-bond donors (Lipinski definition) is 2. The average Bonchev–Trinajstić information content (AvgIpc) is 1.96. The molecule has 0 saturated carbocycles. The predicted molar refractivity (Wildman–Crippen MR) is 33.4 cm³/mol. The summed E-state index contributed by atoms with van der Waals surface area (Å²) in [6.45, 7) is 2.03. The third kappa shape index (κ3) is 1.67. The van der Waals surface area contributed by atoms with Crippen molar-refractivity contribution >= 4 is 0 Å². The lowest BCUT2D eigenvalue weighted by molar-refractivity contribution is -0.253. The zero-order valence-corrected chi connectivity index (χ0v) is 5.91. The molecule has 0 bridgehead atoms. The summed E-state index contributed by atoms with van der Waals surface area (Å²) in [6, 6.07) is 0. The summed E-state index contributed by atoms with van der Waals surface area (Å²) in [7, 11) is 0. The van der Waals surface area contributed by atoms with Crippen molar-refractivity contribution in [2.45, 2.75) is 18.8 Å². The fourth-order valence-electron chi connectivity index (χ4n) is 0.726. The molecule has 1 fully saturated rings. The van der Waals surface area contributed by atoms with Gasteiger partial charge in [0.25, 0.3) is 0 Å². The molecule has 60 valence electrons. The highest BCUT2D eigenvalue weighted by Crippen LogP contribution is 2.16. The smallest absolute Gasteiger partial charge is 0.178 e. The Morgan fingerprint density at radius 2 is 2.40 bits per heavy atom. The van der Waals surface area contributed by atoms with Crippen LogP contribution in [-0.2, 0) is 9.47 Å². The Bertz CT molecular complexity index is 106. The highest BCUT2D eigenvalue weighted by atomic mass is 16.7. The molecule has 1 aliphatic rings. The van der Waals surface area contributed by atoms with Crippen LogP contribution in [0.1, 0.15) is 6.92 Å². The first-order chi connectivity index (χ1) is 4.66. The molecule has 0 aromatic heterocycles. The van der Waals surface area contributed by atoms with E-state index in [0.717, 1.165) is 0 Å². The molecule has 0 radical (unpaired) electrons. The van der Waals surface area contributed by atoms with Crippen LogP contribution in [0.5, 0.6) is 0 Å². The van der Waals surface area contributed by atoms with Crippen molar-refractivity contribution in [3.63, 3.8) is 0 Å². The van der Waals surface area contributed by atoms with E-state index in [1.807, 2.05) is 0 Å². The van der Waals surface area contributed by atoms with E-state index in [1.165, 1.54) is 0 Å². The fourth-order valence-corrected chi connectivity index (χ4v) is 0.726. The van der Waals surface area contributed by atoms with Gasteiger partial charge in [-0.3, -0.25) is 0 Å². The van der Waals surface area contributed by atoms with Crippen LogP contribution in [0.25, 0.3) is 0 Å². The first kappa shape index (κ1) is 7.94. The van der Waals surface area contributed by atoms with E-state index >= 15 is 0 Å². The lowest BCUT2D eigenvalue weighted by atomic mass is 10.1. The molecule has 0 aliphatic carbocycles. The molecule has 0 aromatic rings. The van der Waals surface area contributed by atoms with Gasteiger partial charge in [0, 0.05) is 0 Å². The van der Waals surface area contributed by atoms with Crippen LogP contribution in [0.2, 0.25) is 0 Å². The molecule has 2 N–H and O–H groups in total. The second-order valence-corrected chi connectivity index (χ2v) is 2.68. The topological polar surface area (TPSA) is 58.9 Å². The van der Waals surface area contributed by atoms with Gasteiger partial charge in [0.1, 0.15) is 5.60 Å². The summed E-state index contributed by atoms with van der Waals surface area (Å²) in [5, 5.41) is 17.6. The first-order valence-electron chi connectivity index (χ1n) is 3.21. The molecular weight excluding hydrogens is 136 g/mol. The minimum atomic E-state index is -0.834. The van der Waals surface area contributed by atoms with Crippen LogP contribution >= 0.6 is 0 Å². The van der Waals surface area contributed by atoms with Gasteiger partial charge in [0.15, 0.2) is 6.29 Å². The Kier molecular flexibility index (Phi) is 2.25. The number of aliphatic hydroxyl groups excluding tert-OH is 2. The molecular formula is C6H12O4. The van der Waals surface area contributed by atoms with Crippen molar-refractivity contribution in [1.82, 2.24) is 0 Å². The van der Waals surface area contributed by atoms with Crippen LogP contribution in [0.4, 0.5) is 0 Å². The third-order valence-electron chi connectivity index (χ3n) is 1.49. The summed E-state index contributed by atoms with van der Waals surface area (Å²) in [5.74, 6) is 0. The molecule has 1 saturated heterocycles. The van der Waals surface area contributed by atoms with Gasteiger partial charge in [-0.25, -0.2) is 0 Å². The van der Waals surface area contributed by atoms with Crippen molar-refractivity contribution in [2.75, 3.05) is 19.8 Å². The molecule has 1 heterocycles. The molecule has 0 spiro atoms. The summed E-state index contributed by atoms with van der Waals surface area (Å²) < 4.78 is 9.96. The summed E-state index contributed by atoms with van der Waals surface area (Å²) in [5.41, 5.74) is -0.626. The van der Waals surface area contributed by atoms with Crippen LogP contribution in [0.3, 0.4) is 0 Å². The number of hydrogen-bond acceptors (Lipinski definition) is 4. The van der Waals surface area contributed by atoms with Gasteiger partial charge in [0.2, 0.25) is 0 Å². The van der Waals surface area contributed by atoms with E-state index in [2.05, 4.69) is 0 Å². The zero-order chi connectivity index (χ0) is 7.61. The molecule has 10 heavy (non-hydrogen) atoms. The maximum Gasteiger partial charge on any atom is 0.178 e. The van der Waals surface area contributed by atoms with Crippen molar-refractivity contribution in [3.8, 4) is 0 Å². The van der Waals surface area contributed by atoms with Crippen molar-refractivity contribution < 1.29 is 19.7 Å². The highest BCUT2D eigenvalue weighted by molar-refractivity contribution is 4.76. The van der Waals surface area contributed by atoms with E-state index < -0.39 is 11.9 Å². The number of rotatable bonds is 1. The summed E-state index contributed by atoms with van der Waals surface area (Å²) >= 11 is 0. The average molecular weight is 148 g/mol. The Labute approximate surface area is 59.4 Å². The Morgan fingerprint density at radius 1 is 1.70 bits per heavy atom. The maximum absolute atomic E-state index is 8.81. The summed E-state index contributed by atoms with van der Waals surface area (Å²) in [6.07, 6.45) is -0.834. The predicted octanol–water partition coefficient (Wildman–Crippen LogP) is -0.897. The van der Waals surface area contributed by atoms with E-state index in [1.54, 1.807) is 6.92 Å². The quantitative estimate of drug-likeness (QED) is 0.506. The number of aliphatic hydroxyl groups is 2. The van der Waals surface area contributed by atoms with Crippen molar-refractivity contribution in [3.05, 3.63) is 0 Å². The second-order valence-electron chi connectivity index (χ2n) is 2.68. The second kappa shape index (κ2) is 2.84. The highest BCUT2D eigenvalue weighted by Gasteiger charge is 2.31. The number of ether oxygens (including phenoxy) is 2. The maximum atomic E-state index is 8.81. The minimum absolute atomic E-state index is 0.0836. The van der Waals surface area contributed by atoms with Crippen LogP contribution in [0.15, 0.2) is 0 Å². The normalized spacial score (nSPS) is 41.7. The van der Waals surface area contributed by atoms with Gasteiger partial charge >= 0.3 is 0 Å². The van der Waals surface area contributed by atoms with Crippen molar-refractivity contribution in [2.24, 2.45) is 0 Å². The van der Waals surface area contributed by atoms with Gasteiger partial charge in [-0.1, -0.05) is 0 Å². The molecule has 4 heteroatoms. The Hall–Kier alpha value is -0.160. The monoisotopic (exact) mass is 148 g/mol. The van der Waals surface area contributed by atoms with E-state index in [-0.39, 0.29) is 19.8 Å². The molecule has 2 atom stereocenters. The standard InChI is InChI=1S/C6H12O4/c1-6(3-7)4-9-5(8)2-10-6/h5,7-8H,2-4H2,1H3. The van der Waals surface area contributed by atoms with Gasteiger partial charge in [-0.2, -0.15) is 0 Å². The SMILES string of the molecule is CC1(CO)COC(O)CO1. The molecule has 0 aromatic carbocycles. The Balaban J connectivity index is 2.38. The van der Waals surface area contributed by atoms with Gasteiger partial charge in [0.05, 0.1) is 19.8 Å². The van der Waals surface area contributed by atoms with E-state index in [9.17, 15) is 0 Å². The van der Waals surface area contributed by atoms with Crippen molar-refractivity contribution in [1.29, 1.82) is 0 Å². The van der Waals surface area contributed by atoms with Gasteiger partial charge in [-0.05, 0) is 6.92 Å². The minimum Gasteiger partial charge on any atom is -0.393 e. The Morgan fingerprint density at radius 3 is 2.80 bits per heavy atom. The van der Waals surface area contributed by atoms with Crippen LogP contribution in [0, 0.1) is 0 Å². The summed E-state index contributed by atoms with van der Waals surface area (Å²) in [4.78, 5) is 0. The van der Waals surface area contributed by atoms with Gasteiger partial charge in [-0.15, -0.1) is 0 Å². The van der Waals surface area contributed by atoms with E-state index in [4.69, 9.17) is 19.7 Å². The molecule has 0 amide bonds. The first-order valence-corrected chi connectivity index (χ1v) is 3.21. The molecule has 1 aliphatic heterocycles. The lowest BCUT2D eigenvalue weighted by Crippen LogP contribution is -2.47. The van der Waals surface area contributed by atoms with Crippen LogP contribution in [-0.4, -0.2) is 41.9 Å². The van der Waals surface area contributed by atoms with Gasteiger partial charge < -0.3 is 19.7 Å². The largest absolute Gasteiger partial charge is 0.393 e. The van der Waals surface area contributed by atoms with Crippen LogP contribution < -0.4 is 0 Å².